The Morgan fingerprint density at radius 3 is 1.18 bits per heavy atom. The van der Waals surface area contributed by atoms with Crippen LogP contribution < -0.4 is 5.73 Å². The van der Waals surface area contributed by atoms with Crippen molar-refractivity contribution in [2.45, 2.75) is 105 Å². The van der Waals surface area contributed by atoms with Gasteiger partial charge in [0.15, 0.2) is 0 Å². The Labute approximate surface area is 176 Å². The van der Waals surface area contributed by atoms with E-state index in [4.69, 9.17) is 5.73 Å². The van der Waals surface area contributed by atoms with Gasteiger partial charge in [-0.05, 0) is 77.5 Å². The lowest BCUT2D eigenvalue weighted by molar-refractivity contribution is 0.145. The Balaban J connectivity index is 4.81. The van der Waals surface area contributed by atoms with Crippen molar-refractivity contribution in [1.29, 1.82) is 0 Å². The minimum Gasteiger partial charge on any atom is -0.351 e. The molecule has 0 aromatic heterocycles. The third-order valence-electron chi connectivity index (χ3n) is 5.79. The quantitative estimate of drug-likeness (QED) is 0.355. The van der Waals surface area contributed by atoms with E-state index >= 15 is 0 Å². The Morgan fingerprint density at radius 1 is 0.643 bits per heavy atom. The number of hydrogen-bond donors (Lipinski definition) is 1. The topological polar surface area (TPSA) is 52.8 Å². The molecule has 168 valence electrons. The second-order valence-electron chi connectivity index (χ2n) is 8.10. The molecule has 0 aliphatic rings. The van der Waals surface area contributed by atoms with Crippen LogP contribution >= 0.6 is 0 Å². The van der Waals surface area contributed by atoms with Gasteiger partial charge in [0.1, 0.15) is 0 Å². The van der Waals surface area contributed by atoms with Crippen LogP contribution in [0.25, 0.3) is 0 Å². The monoisotopic (exact) mass is 398 g/mol. The predicted octanol–water partition coefficient (Wildman–Crippen LogP) is 4.95. The maximum absolute atomic E-state index is 12.1. The first kappa shape index (κ1) is 27.2. The molecule has 2 amide bonds. The first-order valence-electron chi connectivity index (χ1n) is 12.0. The fraction of sp³-hybridized carbons (Fsp3) is 0.957. The zero-order valence-electron chi connectivity index (χ0n) is 19.9. The van der Waals surface area contributed by atoms with E-state index in [0.29, 0.717) is 12.1 Å². The molecular weight excluding hydrogens is 348 g/mol. The average molecular weight is 399 g/mol. The van der Waals surface area contributed by atoms with Crippen LogP contribution in [0.15, 0.2) is 0 Å². The van der Waals surface area contributed by atoms with Crippen molar-refractivity contribution in [3.05, 3.63) is 0 Å². The highest BCUT2D eigenvalue weighted by atomic mass is 16.2. The maximum atomic E-state index is 12.1. The lowest BCUT2D eigenvalue weighted by Gasteiger charge is -2.34. The van der Waals surface area contributed by atoms with Crippen LogP contribution in [0.3, 0.4) is 0 Å². The number of rotatable bonds is 18. The van der Waals surface area contributed by atoms with Gasteiger partial charge in [-0.2, -0.15) is 0 Å². The van der Waals surface area contributed by atoms with Crippen molar-refractivity contribution in [1.82, 2.24) is 14.7 Å². The van der Waals surface area contributed by atoms with Crippen molar-refractivity contribution in [3.63, 3.8) is 0 Å². The second kappa shape index (κ2) is 17.1. The summed E-state index contributed by atoms with van der Waals surface area (Å²) in [7, 11) is 0. The lowest BCUT2D eigenvalue weighted by atomic mass is 10.1. The van der Waals surface area contributed by atoms with E-state index in [1.165, 1.54) is 25.7 Å². The molecule has 0 aliphatic carbocycles. The molecular formula is C23H50N4O. The van der Waals surface area contributed by atoms with Crippen LogP contribution in [-0.2, 0) is 0 Å². The van der Waals surface area contributed by atoms with Crippen molar-refractivity contribution in [2.24, 2.45) is 5.73 Å². The molecule has 2 unspecified atom stereocenters. The van der Waals surface area contributed by atoms with E-state index in [1.807, 2.05) is 4.90 Å². The summed E-state index contributed by atoms with van der Waals surface area (Å²) >= 11 is 0. The molecule has 0 aliphatic heterocycles. The van der Waals surface area contributed by atoms with Gasteiger partial charge in [-0.3, -0.25) is 0 Å². The number of primary amides is 1. The summed E-state index contributed by atoms with van der Waals surface area (Å²) in [5, 5.41) is 0. The predicted molar refractivity (Wildman–Crippen MR) is 123 cm³/mol. The molecule has 5 nitrogen and oxygen atoms in total. The molecule has 0 radical (unpaired) electrons. The van der Waals surface area contributed by atoms with E-state index < -0.39 is 0 Å². The second-order valence-corrected chi connectivity index (χ2v) is 8.10. The SMILES string of the molecule is CCCN(CCC)C(CC)CCN(CCC(CC)N(CCC)CCC)C(N)=O. The molecule has 2 N–H and O–H groups in total. The highest BCUT2D eigenvalue weighted by Gasteiger charge is 2.21. The molecule has 5 heteroatoms. The number of urea groups is 1. The van der Waals surface area contributed by atoms with Crippen molar-refractivity contribution in [2.75, 3.05) is 39.3 Å². The van der Waals surface area contributed by atoms with E-state index in [1.54, 1.807) is 0 Å². The standard InChI is InChI=1S/C23H50N4O/c1-7-15-25(16-8-2)21(11-5)13-19-27(23(24)28)20-14-22(12-6)26(17-9-3)18-10-4/h21-22H,7-20H2,1-6H3,(H2,24,28). The van der Waals surface area contributed by atoms with E-state index in [0.717, 1.165) is 65.0 Å². The summed E-state index contributed by atoms with van der Waals surface area (Å²) in [6.45, 7) is 19.6. The Kier molecular flexibility index (Phi) is 16.6. The van der Waals surface area contributed by atoms with E-state index in [-0.39, 0.29) is 6.03 Å². The zero-order valence-corrected chi connectivity index (χ0v) is 19.9. The number of carbonyl (C=O) groups is 1. The van der Waals surface area contributed by atoms with Gasteiger partial charge in [0.2, 0.25) is 0 Å². The Hall–Kier alpha value is -0.810. The van der Waals surface area contributed by atoms with Gasteiger partial charge in [-0.1, -0.05) is 41.5 Å². The van der Waals surface area contributed by atoms with Crippen LogP contribution in [0.2, 0.25) is 0 Å². The van der Waals surface area contributed by atoms with Crippen LogP contribution in [0.5, 0.6) is 0 Å². The minimum absolute atomic E-state index is 0.264. The number of amides is 2. The average Bonchev–Trinajstić information content (AvgIpc) is 2.67. The summed E-state index contributed by atoms with van der Waals surface area (Å²) in [6.07, 6.45) is 9.01. The smallest absolute Gasteiger partial charge is 0.314 e. The number of hydrogen-bond acceptors (Lipinski definition) is 3. The van der Waals surface area contributed by atoms with Gasteiger partial charge in [0.05, 0.1) is 0 Å². The Bertz CT molecular complexity index is 338. The summed E-state index contributed by atoms with van der Waals surface area (Å²) in [6, 6.07) is 0.820. The molecule has 2 atom stereocenters. The van der Waals surface area contributed by atoms with Gasteiger partial charge >= 0.3 is 6.03 Å². The normalized spacial score (nSPS) is 13.9. The molecule has 0 bridgehead atoms. The molecule has 0 aromatic carbocycles. The molecule has 0 spiro atoms. The van der Waals surface area contributed by atoms with Gasteiger partial charge in [-0.15, -0.1) is 0 Å². The highest BCUT2D eigenvalue weighted by Crippen LogP contribution is 2.14. The number of nitrogens with zero attached hydrogens (tertiary/aromatic N) is 3. The molecule has 28 heavy (non-hydrogen) atoms. The molecule has 0 heterocycles. The molecule has 0 aromatic rings. The minimum atomic E-state index is -0.264. The van der Waals surface area contributed by atoms with E-state index in [2.05, 4.69) is 51.3 Å². The summed E-state index contributed by atoms with van der Waals surface area (Å²) in [4.78, 5) is 19.1. The third-order valence-corrected chi connectivity index (χ3v) is 5.79. The third kappa shape index (κ3) is 10.7. The molecule has 0 rings (SSSR count). The van der Waals surface area contributed by atoms with Gasteiger partial charge in [-0.25, -0.2) is 4.79 Å². The lowest BCUT2D eigenvalue weighted by Crippen LogP contribution is -2.44. The summed E-state index contributed by atoms with van der Waals surface area (Å²) < 4.78 is 0. The molecule has 0 saturated heterocycles. The van der Waals surface area contributed by atoms with Crippen molar-refractivity contribution >= 4 is 6.03 Å². The van der Waals surface area contributed by atoms with Gasteiger partial charge in [0.25, 0.3) is 0 Å². The molecule has 0 saturated carbocycles. The molecule has 0 fully saturated rings. The highest BCUT2D eigenvalue weighted by molar-refractivity contribution is 5.71. The largest absolute Gasteiger partial charge is 0.351 e. The van der Waals surface area contributed by atoms with Crippen molar-refractivity contribution < 1.29 is 4.79 Å². The summed E-state index contributed by atoms with van der Waals surface area (Å²) in [5.41, 5.74) is 5.74. The van der Waals surface area contributed by atoms with Gasteiger partial charge < -0.3 is 20.4 Å². The number of nitrogens with two attached hydrogens (primary N) is 1. The van der Waals surface area contributed by atoms with Crippen LogP contribution in [0.4, 0.5) is 4.79 Å². The fourth-order valence-electron chi connectivity index (χ4n) is 4.33. The first-order chi connectivity index (χ1) is 13.5. The Morgan fingerprint density at radius 2 is 0.964 bits per heavy atom. The van der Waals surface area contributed by atoms with E-state index in [9.17, 15) is 4.79 Å². The first-order valence-corrected chi connectivity index (χ1v) is 12.0. The number of carbonyl (C=O) groups excluding carboxylic acids is 1. The van der Waals surface area contributed by atoms with Crippen LogP contribution in [-0.4, -0.2) is 72.1 Å². The van der Waals surface area contributed by atoms with Crippen LogP contribution in [0, 0.1) is 0 Å². The summed E-state index contributed by atoms with van der Waals surface area (Å²) in [5.74, 6) is 0. The zero-order chi connectivity index (χ0) is 21.4. The maximum Gasteiger partial charge on any atom is 0.314 e. The van der Waals surface area contributed by atoms with Crippen molar-refractivity contribution in [3.8, 4) is 0 Å². The fourth-order valence-corrected chi connectivity index (χ4v) is 4.33. The van der Waals surface area contributed by atoms with Gasteiger partial charge in [0, 0.05) is 25.2 Å². The van der Waals surface area contributed by atoms with Crippen LogP contribution in [0.1, 0.15) is 92.9 Å².